The third-order valence-corrected chi connectivity index (χ3v) is 4.86. The number of carbonyl (C=O) groups excluding carboxylic acids is 2. The smallest absolute Gasteiger partial charge is 0.244 e. The minimum atomic E-state index is -0.127. The summed E-state index contributed by atoms with van der Waals surface area (Å²) in [6.45, 7) is 4.35. The van der Waals surface area contributed by atoms with E-state index in [-0.39, 0.29) is 24.3 Å². The first-order valence-electron chi connectivity index (χ1n) is 9.21. The van der Waals surface area contributed by atoms with Crippen molar-refractivity contribution >= 4 is 44.5 Å². The van der Waals surface area contributed by atoms with E-state index in [9.17, 15) is 9.59 Å². The van der Waals surface area contributed by atoms with Crippen LogP contribution in [0.5, 0.6) is 0 Å². The topological polar surface area (TPSA) is 76.0 Å². The zero-order chi connectivity index (χ0) is 20.1. The van der Waals surface area contributed by atoms with E-state index >= 15 is 0 Å². The number of rotatable bonds is 7. The highest BCUT2D eigenvalue weighted by atomic mass is 79.9. The van der Waals surface area contributed by atoms with Gasteiger partial charge in [0.05, 0.1) is 11.0 Å². The standard InChI is InChI=1S/C21H23BrN4O2/c1-14(2)21(28)23-12-11-19-25-17-5-3-4-6-18(17)26(19)13-20(27)24-16-9-7-15(22)8-10-16/h3-10,14H,11-13H2,1-2H3,(H,23,28)(H,24,27). The van der Waals surface area contributed by atoms with Crippen LogP contribution in [0.1, 0.15) is 19.7 Å². The Balaban J connectivity index is 1.75. The molecule has 0 saturated heterocycles. The van der Waals surface area contributed by atoms with E-state index in [0.29, 0.717) is 13.0 Å². The zero-order valence-corrected chi connectivity index (χ0v) is 17.5. The highest BCUT2D eigenvalue weighted by Crippen LogP contribution is 2.18. The van der Waals surface area contributed by atoms with Crippen molar-refractivity contribution in [3.8, 4) is 0 Å². The maximum atomic E-state index is 12.6. The molecule has 0 atom stereocenters. The van der Waals surface area contributed by atoms with Gasteiger partial charge in [-0.2, -0.15) is 0 Å². The average molecular weight is 443 g/mol. The van der Waals surface area contributed by atoms with Gasteiger partial charge in [-0.05, 0) is 36.4 Å². The molecule has 7 heteroatoms. The Morgan fingerprint density at radius 2 is 1.82 bits per heavy atom. The Kier molecular flexibility index (Phi) is 6.46. The molecule has 0 fully saturated rings. The predicted molar refractivity (Wildman–Crippen MR) is 114 cm³/mol. The molecule has 0 aliphatic rings. The number of imidazole rings is 1. The van der Waals surface area contributed by atoms with E-state index in [1.807, 2.05) is 66.9 Å². The van der Waals surface area contributed by atoms with Crippen molar-refractivity contribution in [2.24, 2.45) is 5.92 Å². The normalized spacial score (nSPS) is 11.0. The van der Waals surface area contributed by atoms with E-state index in [0.717, 1.165) is 27.0 Å². The van der Waals surface area contributed by atoms with Crippen LogP contribution in [0.3, 0.4) is 0 Å². The summed E-state index contributed by atoms with van der Waals surface area (Å²) in [6.07, 6.45) is 0.554. The number of hydrogen-bond donors (Lipinski definition) is 2. The van der Waals surface area contributed by atoms with Crippen LogP contribution >= 0.6 is 15.9 Å². The van der Waals surface area contributed by atoms with Gasteiger partial charge in [-0.3, -0.25) is 9.59 Å². The molecule has 1 aromatic heterocycles. The summed E-state index contributed by atoms with van der Waals surface area (Å²) in [5.41, 5.74) is 2.48. The van der Waals surface area contributed by atoms with Crippen LogP contribution in [-0.4, -0.2) is 27.9 Å². The maximum absolute atomic E-state index is 12.6. The Hall–Kier alpha value is -2.67. The average Bonchev–Trinajstić information content (AvgIpc) is 3.01. The molecule has 2 aromatic carbocycles. The molecule has 0 aliphatic heterocycles. The van der Waals surface area contributed by atoms with Crippen molar-refractivity contribution < 1.29 is 9.59 Å². The second-order valence-corrected chi connectivity index (χ2v) is 7.77. The summed E-state index contributed by atoms with van der Waals surface area (Å²) in [7, 11) is 0. The summed E-state index contributed by atoms with van der Waals surface area (Å²) in [5, 5.41) is 5.81. The lowest BCUT2D eigenvalue weighted by molar-refractivity contribution is -0.124. The minimum Gasteiger partial charge on any atom is -0.355 e. The van der Waals surface area contributed by atoms with Crippen molar-refractivity contribution in [3.05, 3.63) is 58.8 Å². The van der Waals surface area contributed by atoms with Gasteiger partial charge < -0.3 is 15.2 Å². The van der Waals surface area contributed by atoms with Crippen LogP contribution in [0.2, 0.25) is 0 Å². The van der Waals surface area contributed by atoms with Gasteiger partial charge in [0.25, 0.3) is 0 Å². The fraction of sp³-hybridized carbons (Fsp3) is 0.286. The lowest BCUT2D eigenvalue weighted by Crippen LogP contribution is -2.30. The fourth-order valence-electron chi connectivity index (χ4n) is 2.87. The Bertz CT molecular complexity index is 980. The van der Waals surface area contributed by atoms with E-state index in [4.69, 9.17) is 0 Å². The number of nitrogens with one attached hydrogen (secondary N) is 2. The summed E-state index contributed by atoms with van der Waals surface area (Å²) in [4.78, 5) is 29.0. The van der Waals surface area contributed by atoms with E-state index in [1.165, 1.54) is 0 Å². The van der Waals surface area contributed by atoms with Crippen molar-refractivity contribution in [1.82, 2.24) is 14.9 Å². The number of carbonyl (C=O) groups is 2. The SMILES string of the molecule is CC(C)C(=O)NCCc1nc2ccccc2n1CC(=O)Nc1ccc(Br)cc1. The molecule has 146 valence electrons. The van der Waals surface area contributed by atoms with Crippen molar-refractivity contribution in [3.63, 3.8) is 0 Å². The first kappa shape index (κ1) is 20.1. The molecule has 3 rings (SSSR count). The van der Waals surface area contributed by atoms with Gasteiger partial charge in [0.15, 0.2) is 0 Å². The number of anilines is 1. The van der Waals surface area contributed by atoms with Crippen LogP contribution < -0.4 is 10.6 Å². The second-order valence-electron chi connectivity index (χ2n) is 6.85. The third-order valence-electron chi connectivity index (χ3n) is 4.34. The number of aromatic nitrogens is 2. The number of nitrogens with zero attached hydrogens (tertiary/aromatic N) is 2. The van der Waals surface area contributed by atoms with Gasteiger partial charge in [-0.25, -0.2) is 4.98 Å². The summed E-state index contributed by atoms with van der Waals surface area (Å²) < 4.78 is 2.86. The minimum absolute atomic E-state index is 0.00985. The summed E-state index contributed by atoms with van der Waals surface area (Å²) in [5.74, 6) is 0.598. The van der Waals surface area contributed by atoms with Gasteiger partial charge >= 0.3 is 0 Å². The van der Waals surface area contributed by atoms with E-state index in [2.05, 4.69) is 31.5 Å². The Morgan fingerprint density at radius 1 is 1.11 bits per heavy atom. The second kappa shape index (κ2) is 9.01. The molecule has 6 nitrogen and oxygen atoms in total. The predicted octanol–water partition coefficient (Wildman–Crippen LogP) is 3.75. The Morgan fingerprint density at radius 3 is 2.54 bits per heavy atom. The number of para-hydroxylation sites is 2. The molecule has 0 aliphatic carbocycles. The molecule has 0 unspecified atom stereocenters. The lowest BCUT2D eigenvalue weighted by atomic mass is 10.2. The molecule has 0 spiro atoms. The first-order chi connectivity index (χ1) is 13.4. The zero-order valence-electron chi connectivity index (χ0n) is 15.9. The molecular formula is C21H23BrN4O2. The van der Waals surface area contributed by atoms with E-state index in [1.54, 1.807) is 0 Å². The molecule has 0 radical (unpaired) electrons. The molecule has 0 bridgehead atoms. The van der Waals surface area contributed by atoms with Crippen molar-refractivity contribution in [2.75, 3.05) is 11.9 Å². The quantitative estimate of drug-likeness (QED) is 0.584. The molecule has 0 saturated carbocycles. The molecule has 3 aromatic rings. The van der Waals surface area contributed by atoms with Crippen LogP contribution in [0.15, 0.2) is 53.0 Å². The van der Waals surface area contributed by atoms with Gasteiger partial charge in [0.1, 0.15) is 12.4 Å². The number of fused-ring (bicyclic) bond motifs is 1. The first-order valence-corrected chi connectivity index (χ1v) is 10.0. The molecular weight excluding hydrogens is 420 g/mol. The number of benzene rings is 2. The monoisotopic (exact) mass is 442 g/mol. The van der Waals surface area contributed by atoms with Crippen molar-refractivity contribution in [1.29, 1.82) is 0 Å². The highest BCUT2D eigenvalue weighted by molar-refractivity contribution is 9.10. The largest absolute Gasteiger partial charge is 0.355 e. The van der Waals surface area contributed by atoms with Gasteiger partial charge in [0, 0.05) is 29.0 Å². The summed E-state index contributed by atoms with van der Waals surface area (Å²) in [6, 6.07) is 15.2. The molecule has 2 N–H and O–H groups in total. The fourth-order valence-corrected chi connectivity index (χ4v) is 3.14. The molecule has 1 heterocycles. The van der Waals surface area contributed by atoms with Crippen LogP contribution in [-0.2, 0) is 22.6 Å². The van der Waals surface area contributed by atoms with Gasteiger partial charge in [-0.15, -0.1) is 0 Å². The van der Waals surface area contributed by atoms with Gasteiger partial charge in [-0.1, -0.05) is 41.9 Å². The van der Waals surface area contributed by atoms with Gasteiger partial charge in [0.2, 0.25) is 11.8 Å². The number of hydrogen-bond acceptors (Lipinski definition) is 3. The van der Waals surface area contributed by atoms with Crippen molar-refractivity contribution in [2.45, 2.75) is 26.8 Å². The third kappa shape index (κ3) is 4.98. The summed E-state index contributed by atoms with van der Waals surface area (Å²) >= 11 is 3.38. The molecule has 28 heavy (non-hydrogen) atoms. The Labute approximate surface area is 172 Å². The van der Waals surface area contributed by atoms with E-state index < -0.39 is 0 Å². The lowest BCUT2D eigenvalue weighted by Gasteiger charge is -2.11. The maximum Gasteiger partial charge on any atom is 0.244 e. The van der Waals surface area contributed by atoms with Crippen LogP contribution in [0.25, 0.3) is 11.0 Å². The number of amides is 2. The van der Waals surface area contributed by atoms with Crippen LogP contribution in [0.4, 0.5) is 5.69 Å². The highest BCUT2D eigenvalue weighted by Gasteiger charge is 2.14. The number of halogens is 1. The molecule has 2 amide bonds. The van der Waals surface area contributed by atoms with Crippen LogP contribution in [0, 0.1) is 5.92 Å².